The minimum Gasteiger partial charge on any atom is -0.364 e. The zero-order chi connectivity index (χ0) is 9.14. The molecule has 1 unspecified atom stereocenters. The van der Waals surface area contributed by atoms with E-state index in [9.17, 15) is 9.50 Å². The largest absolute Gasteiger partial charge is 0.364 e. The van der Waals surface area contributed by atoms with E-state index in [-0.39, 0.29) is 5.83 Å². The number of halogens is 1. The van der Waals surface area contributed by atoms with Crippen LogP contribution in [0.3, 0.4) is 0 Å². The Morgan fingerprint density at radius 1 is 1.58 bits per heavy atom. The Bertz CT molecular complexity index is 231. The molecule has 0 aliphatic heterocycles. The second-order valence-corrected chi connectivity index (χ2v) is 2.89. The summed E-state index contributed by atoms with van der Waals surface area (Å²) in [6.45, 7) is 1.77. The Morgan fingerprint density at radius 2 is 2.25 bits per heavy atom. The fourth-order valence-electron chi connectivity index (χ4n) is 1.31. The number of hydrogen-bond donors (Lipinski definition) is 1. The van der Waals surface area contributed by atoms with Gasteiger partial charge < -0.3 is 9.84 Å². The fourth-order valence-corrected chi connectivity index (χ4v) is 1.31. The van der Waals surface area contributed by atoms with Crippen LogP contribution in [0.15, 0.2) is 23.0 Å². The highest BCUT2D eigenvalue weighted by Crippen LogP contribution is 2.26. The Labute approximate surface area is 71.3 Å². The molecular formula is C9H13FO2. The van der Waals surface area contributed by atoms with Crippen molar-refractivity contribution in [2.24, 2.45) is 0 Å². The summed E-state index contributed by atoms with van der Waals surface area (Å²) in [4.78, 5) is 0. The topological polar surface area (TPSA) is 29.5 Å². The second-order valence-electron chi connectivity index (χ2n) is 2.89. The van der Waals surface area contributed by atoms with Gasteiger partial charge in [-0.15, -0.1) is 0 Å². The van der Waals surface area contributed by atoms with Gasteiger partial charge in [-0.05, 0) is 30.6 Å². The van der Waals surface area contributed by atoms with E-state index in [4.69, 9.17) is 4.74 Å². The first-order valence-electron chi connectivity index (χ1n) is 3.91. The van der Waals surface area contributed by atoms with Crippen LogP contribution >= 0.6 is 0 Å². The van der Waals surface area contributed by atoms with E-state index >= 15 is 0 Å². The standard InChI is InChI=1S/C9H13FO2/c1-6-5-7(10)3-4-8(6)9(11)12-2/h5,9,11H,3-4H2,1-2H3. The molecule has 1 aliphatic carbocycles. The quantitative estimate of drug-likeness (QED) is 0.645. The van der Waals surface area contributed by atoms with Crippen molar-refractivity contribution in [1.82, 2.24) is 0 Å². The van der Waals surface area contributed by atoms with Gasteiger partial charge in [0.2, 0.25) is 0 Å². The first-order valence-corrected chi connectivity index (χ1v) is 3.91. The summed E-state index contributed by atoms with van der Waals surface area (Å²) < 4.78 is 17.4. The average molecular weight is 172 g/mol. The molecule has 1 atom stereocenters. The molecule has 1 aliphatic rings. The minimum absolute atomic E-state index is 0.125. The summed E-state index contributed by atoms with van der Waals surface area (Å²) in [6, 6.07) is 0. The van der Waals surface area contributed by atoms with Crippen LogP contribution < -0.4 is 0 Å². The Balaban J connectivity index is 2.82. The van der Waals surface area contributed by atoms with Gasteiger partial charge in [-0.3, -0.25) is 0 Å². The SMILES string of the molecule is COC(O)C1=C(C)C=C(F)CC1. The van der Waals surface area contributed by atoms with E-state index in [1.165, 1.54) is 13.2 Å². The van der Waals surface area contributed by atoms with Gasteiger partial charge >= 0.3 is 0 Å². The first-order chi connectivity index (χ1) is 5.65. The second kappa shape index (κ2) is 3.83. The number of rotatable bonds is 2. The summed E-state index contributed by atoms with van der Waals surface area (Å²) in [7, 11) is 1.43. The lowest BCUT2D eigenvalue weighted by Crippen LogP contribution is -2.15. The maximum atomic E-state index is 12.7. The predicted molar refractivity (Wildman–Crippen MR) is 44.1 cm³/mol. The molecule has 0 radical (unpaired) electrons. The summed E-state index contributed by atoms with van der Waals surface area (Å²) in [5.41, 5.74) is 1.55. The minimum atomic E-state index is -0.880. The number of ether oxygens (including phenoxy) is 1. The van der Waals surface area contributed by atoms with Gasteiger partial charge in [0.05, 0.1) is 0 Å². The number of allylic oxidation sites excluding steroid dienone is 3. The maximum Gasteiger partial charge on any atom is 0.177 e. The van der Waals surface area contributed by atoms with E-state index < -0.39 is 6.29 Å². The molecule has 0 bridgehead atoms. The Hall–Kier alpha value is -0.670. The zero-order valence-electron chi connectivity index (χ0n) is 7.30. The monoisotopic (exact) mass is 172 g/mol. The van der Waals surface area contributed by atoms with Gasteiger partial charge in [0, 0.05) is 13.5 Å². The molecule has 0 saturated carbocycles. The molecule has 0 fully saturated rings. The highest BCUT2D eigenvalue weighted by Gasteiger charge is 2.16. The molecule has 0 aromatic carbocycles. The van der Waals surface area contributed by atoms with Crippen molar-refractivity contribution >= 4 is 0 Å². The first kappa shape index (κ1) is 9.42. The number of methoxy groups -OCH3 is 1. The molecule has 0 aromatic heterocycles. The fraction of sp³-hybridized carbons (Fsp3) is 0.556. The van der Waals surface area contributed by atoms with E-state index in [0.29, 0.717) is 12.8 Å². The summed E-state index contributed by atoms with van der Waals surface area (Å²) in [6.07, 6.45) is 1.48. The van der Waals surface area contributed by atoms with E-state index in [1.807, 2.05) is 0 Å². The van der Waals surface area contributed by atoms with Crippen molar-refractivity contribution < 1.29 is 14.2 Å². The lowest BCUT2D eigenvalue weighted by Gasteiger charge is -2.18. The number of aliphatic hydroxyl groups excluding tert-OH is 1. The van der Waals surface area contributed by atoms with E-state index in [0.717, 1.165) is 11.1 Å². The van der Waals surface area contributed by atoms with Crippen molar-refractivity contribution in [2.45, 2.75) is 26.1 Å². The van der Waals surface area contributed by atoms with Crippen LogP contribution in [0.4, 0.5) is 4.39 Å². The lowest BCUT2D eigenvalue weighted by atomic mass is 9.97. The molecule has 12 heavy (non-hydrogen) atoms. The third kappa shape index (κ3) is 1.93. The summed E-state index contributed by atoms with van der Waals surface area (Å²) in [5, 5.41) is 9.31. The molecule has 3 heteroatoms. The highest BCUT2D eigenvalue weighted by atomic mass is 19.1. The molecule has 0 heterocycles. The van der Waals surface area contributed by atoms with Crippen LogP contribution in [0.25, 0.3) is 0 Å². The molecule has 0 saturated heterocycles. The molecule has 0 amide bonds. The molecule has 0 spiro atoms. The summed E-state index contributed by atoms with van der Waals surface area (Å²) in [5.74, 6) is -0.125. The normalized spacial score (nSPS) is 20.8. The van der Waals surface area contributed by atoms with Crippen molar-refractivity contribution in [3.05, 3.63) is 23.0 Å². The van der Waals surface area contributed by atoms with Crippen LogP contribution in [0.1, 0.15) is 19.8 Å². The Morgan fingerprint density at radius 3 is 2.75 bits per heavy atom. The van der Waals surface area contributed by atoms with Gasteiger partial charge in [0.15, 0.2) is 6.29 Å². The molecule has 68 valence electrons. The lowest BCUT2D eigenvalue weighted by molar-refractivity contribution is -0.0474. The molecular weight excluding hydrogens is 159 g/mol. The van der Waals surface area contributed by atoms with Crippen LogP contribution in [0.2, 0.25) is 0 Å². The van der Waals surface area contributed by atoms with E-state index in [1.54, 1.807) is 6.92 Å². The van der Waals surface area contributed by atoms with E-state index in [2.05, 4.69) is 0 Å². The van der Waals surface area contributed by atoms with Crippen molar-refractivity contribution in [3.8, 4) is 0 Å². The maximum absolute atomic E-state index is 12.7. The van der Waals surface area contributed by atoms with Crippen LogP contribution in [-0.4, -0.2) is 18.5 Å². The summed E-state index contributed by atoms with van der Waals surface area (Å²) >= 11 is 0. The molecule has 1 rings (SSSR count). The number of aliphatic hydroxyl groups is 1. The molecule has 2 nitrogen and oxygen atoms in total. The average Bonchev–Trinajstić information content (AvgIpc) is 2.03. The van der Waals surface area contributed by atoms with Gasteiger partial charge in [-0.1, -0.05) is 0 Å². The van der Waals surface area contributed by atoms with Crippen LogP contribution in [0.5, 0.6) is 0 Å². The highest BCUT2D eigenvalue weighted by molar-refractivity contribution is 5.30. The van der Waals surface area contributed by atoms with Gasteiger partial charge in [-0.2, -0.15) is 0 Å². The molecule has 1 N–H and O–H groups in total. The van der Waals surface area contributed by atoms with Gasteiger partial charge in [-0.25, -0.2) is 4.39 Å². The molecule has 0 aromatic rings. The number of hydrogen-bond acceptors (Lipinski definition) is 2. The smallest absolute Gasteiger partial charge is 0.177 e. The van der Waals surface area contributed by atoms with Gasteiger partial charge in [0.1, 0.15) is 5.83 Å². The predicted octanol–water partition coefficient (Wildman–Crippen LogP) is 1.91. The van der Waals surface area contributed by atoms with Crippen molar-refractivity contribution in [3.63, 3.8) is 0 Å². The van der Waals surface area contributed by atoms with Crippen LogP contribution in [-0.2, 0) is 4.74 Å². The van der Waals surface area contributed by atoms with Crippen molar-refractivity contribution in [2.75, 3.05) is 7.11 Å². The third-order valence-corrected chi connectivity index (χ3v) is 2.03. The third-order valence-electron chi connectivity index (χ3n) is 2.03. The van der Waals surface area contributed by atoms with Crippen LogP contribution in [0, 0.1) is 0 Å². The Kier molecular flexibility index (Phi) is 3.00. The van der Waals surface area contributed by atoms with Crippen molar-refractivity contribution in [1.29, 1.82) is 0 Å². The van der Waals surface area contributed by atoms with Gasteiger partial charge in [0.25, 0.3) is 0 Å². The zero-order valence-corrected chi connectivity index (χ0v) is 7.30.